The molecule has 1 rings (SSSR count). The molecule has 9 heteroatoms. The van der Waals surface area contributed by atoms with Gasteiger partial charge in [0.05, 0.1) is 5.41 Å². The number of sulfonamides is 1. The van der Waals surface area contributed by atoms with E-state index in [1.54, 1.807) is 0 Å². The second-order valence-electron chi connectivity index (χ2n) is 1.99. The molecule has 1 heterocycles. The molecule has 0 radical (unpaired) electrons. The number of rotatable bonds is 1. The van der Waals surface area contributed by atoms with Gasteiger partial charge in [-0.25, -0.2) is 13.6 Å². The first-order valence-electron chi connectivity index (χ1n) is 2.76. The van der Waals surface area contributed by atoms with Crippen LogP contribution >= 0.6 is 12.4 Å². The summed E-state index contributed by atoms with van der Waals surface area (Å²) in [6, 6.07) is 0. The van der Waals surface area contributed by atoms with Gasteiger partial charge in [-0.15, -0.1) is 12.4 Å². The third kappa shape index (κ3) is 2.69. The predicted octanol–water partition coefficient (Wildman–Crippen LogP) is -0.716. The summed E-state index contributed by atoms with van der Waals surface area (Å²) in [4.78, 5) is 0. The molecular weight excluding hydrogens is 240 g/mol. The number of hydrogen-bond acceptors (Lipinski definition) is 4. The van der Waals surface area contributed by atoms with Gasteiger partial charge in [-0.05, 0) is 12.2 Å². The zero-order chi connectivity index (χ0) is 9.41. The summed E-state index contributed by atoms with van der Waals surface area (Å²) >= 11 is 0. The van der Waals surface area contributed by atoms with Crippen LogP contribution in [0, 0.1) is 0 Å². The minimum atomic E-state index is -4.23. The molecule has 0 bridgehead atoms. The maximum Gasteiger partial charge on any atom is 0.311 e. The van der Waals surface area contributed by atoms with Crippen molar-refractivity contribution >= 4 is 32.6 Å². The lowest BCUT2D eigenvalue weighted by atomic mass is 10.6. The van der Waals surface area contributed by atoms with Crippen LogP contribution in [0.25, 0.3) is 0 Å². The average Bonchev–Trinajstić information content (AvgIpc) is 1.83. The fourth-order valence-corrected chi connectivity index (χ4v) is 2.84. The molecule has 0 atom stereocenters. The van der Waals surface area contributed by atoms with E-state index in [4.69, 9.17) is 0 Å². The predicted molar refractivity (Wildman–Crippen MR) is 49.4 cm³/mol. The Hall–Kier alpha value is -0.570. The summed E-state index contributed by atoms with van der Waals surface area (Å²) in [7, 11) is -8.15. The van der Waals surface area contributed by atoms with Gasteiger partial charge in [0.25, 0.3) is 10.0 Å². The van der Waals surface area contributed by atoms with Gasteiger partial charge < -0.3 is 0 Å². The number of allylic oxidation sites excluding steroid dienone is 2. The van der Waals surface area contributed by atoms with Crippen molar-refractivity contribution in [2.75, 3.05) is 0 Å². The second-order valence-corrected chi connectivity index (χ2v) is 5.34. The van der Waals surface area contributed by atoms with Gasteiger partial charge in [-0.2, -0.15) is 12.1 Å². The lowest BCUT2D eigenvalue weighted by Crippen LogP contribution is -2.36. The van der Waals surface area contributed by atoms with E-state index in [0.29, 0.717) is 0 Å². The minimum absolute atomic E-state index is 0. The minimum Gasteiger partial charge on any atom is -0.210 e. The third-order valence-corrected chi connectivity index (χ3v) is 4.07. The molecule has 6 nitrogen and oxygen atoms in total. The van der Waals surface area contributed by atoms with Crippen LogP contribution in [0.4, 0.5) is 0 Å². The Morgan fingerprint density at radius 1 is 1.23 bits per heavy atom. The van der Waals surface area contributed by atoms with Crippen LogP contribution < -0.4 is 5.14 Å². The van der Waals surface area contributed by atoms with E-state index in [1.807, 2.05) is 0 Å². The summed E-state index contributed by atoms with van der Waals surface area (Å²) in [6.07, 6.45) is 3.33. The average molecular weight is 247 g/mol. The summed E-state index contributed by atoms with van der Waals surface area (Å²) in [5.74, 6) is 0. The van der Waals surface area contributed by atoms with Gasteiger partial charge in [0.15, 0.2) is 0 Å². The zero-order valence-corrected chi connectivity index (χ0v) is 8.64. The van der Waals surface area contributed by atoms with E-state index >= 15 is 0 Å². The molecule has 0 fully saturated rings. The first-order valence-corrected chi connectivity index (χ1v) is 5.77. The van der Waals surface area contributed by atoms with Crippen LogP contribution in [0.15, 0.2) is 23.8 Å². The van der Waals surface area contributed by atoms with Crippen LogP contribution in [0.5, 0.6) is 0 Å². The first kappa shape index (κ1) is 12.4. The molecule has 0 saturated heterocycles. The highest BCUT2D eigenvalue weighted by Gasteiger charge is 2.26. The SMILES string of the molecule is Cl.NS(=O)(=O)N1C=CC=CS1(=O)=O. The van der Waals surface area contributed by atoms with E-state index in [9.17, 15) is 16.8 Å². The molecule has 0 spiro atoms. The summed E-state index contributed by atoms with van der Waals surface area (Å²) in [5.41, 5.74) is 0. The molecule has 0 aromatic heterocycles. The Morgan fingerprint density at radius 2 is 1.77 bits per heavy atom. The van der Waals surface area contributed by atoms with Crippen molar-refractivity contribution in [3.8, 4) is 0 Å². The summed E-state index contributed by atoms with van der Waals surface area (Å²) in [6.45, 7) is 0. The normalized spacial score (nSPS) is 19.6. The number of nitrogens with two attached hydrogens (primary N) is 1. The van der Waals surface area contributed by atoms with Crippen molar-refractivity contribution in [3.63, 3.8) is 0 Å². The van der Waals surface area contributed by atoms with Crippen molar-refractivity contribution in [1.29, 1.82) is 0 Å². The second kappa shape index (κ2) is 3.66. The van der Waals surface area contributed by atoms with Gasteiger partial charge >= 0.3 is 10.2 Å². The standard InChI is InChI=1S/C4H6N2O4S2.ClH/c5-12(9,10)6-3-1-2-4-11(6,7)8;/h1-4H,(H2,5,9,10);1H. The molecule has 0 aromatic carbocycles. The lowest BCUT2D eigenvalue weighted by molar-refractivity contribution is 0.543. The molecule has 1 aliphatic heterocycles. The molecule has 0 amide bonds. The van der Waals surface area contributed by atoms with Gasteiger partial charge in [-0.1, -0.05) is 0 Å². The molecule has 0 saturated carbocycles. The Bertz CT molecular complexity index is 435. The Kier molecular flexibility index (Phi) is 3.50. The summed E-state index contributed by atoms with van der Waals surface area (Å²) in [5, 5.41) is 5.37. The van der Waals surface area contributed by atoms with Crippen molar-refractivity contribution in [3.05, 3.63) is 23.8 Å². The zero-order valence-electron chi connectivity index (χ0n) is 6.19. The van der Waals surface area contributed by atoms with E-state index in [0.717, 1.165) is 11.6 Å². The molecular formula is C4H7ClN2O4S2. The number of halogens is 1. The first-order chi connectivity index (χ1) is 5.34. The van der Waals surface area contributed by atoms with E-state index in [1.165, 1.54) is 12.2 Å². The van der Waals surface area contributed by atoms with Crippen molar-refractivity contribution in [1.82, 2.24) is 3.71 Å². The third-order valence-electron chi connectivity index (χ3n) is 1.07. The van der Waals surface area contributed by atoms with Gasteiger partial charge in [0, 0.05) is 6.20 Å². The fourth-order valence-electron chi connectivity index (χ4n) is 0.639. The van der Waals surface area contributed by atoms with Crippen LogP contribution in [0.2, 0.25) is 0 Å². The van der Waals surface area contributed by atoms with Crippen molar-refractivity contribution in [2.24, 2.45) is 5.14 Å². The van der Waals surface area contributed by atoms with Gasteiger partial charge in [-0.3, -0.25) is 0 Å². The maximum atomic E-state index is 11.0. The molecule has 76 valence electrons. The summed E-state index contributed by atoms with van der Waals surface area (Å²) < 4.78 is 43.3. The molecule has 2 N–H and O–H groups in total. The highest BCUT2D eigenvalue weighted by atomic mass is 35.5. The van der Waals surface area contributed by atoms with Crippen LogP contribution in [-0.4, -0.2) is 20.5 Å². The van der Waals surface area contributed by atoms with Crippen molar-refractivity contribution in [2.45, 2.75) is 0 Å². The highest BCUT2D eigenvalue weighted by Crippen LogP contribution is 2.11. The van der Waals surface area contributed by atoms with Crippen LogP contribution in [0.3, 0.4) is 0 Å². The topological polar surface area (TPSA) is 97.5 Å². The van der Waals surface area contributed by atoms with E-state index in [-0.39, 0.29) is 16.1 Å². The van der Waals surface area contributed by atoms with Crippen LogP contribution in [0.1, 0.15) is 0 Å². The Morgan fingerprint density at radius 3 is 2.08 bits per heavy atom. The van der Waals surface area contributed by atoms with E-state index in [2.05, 4.69) is 5.14 Å². The van der Waals surface area contributed by atoms with E-state index < -0.39 is 20.2 Å². The van der Waals surface area contributed by atoms with Crippen molar-refractivity contribution < 1.29 is 16.8 Å². The molecule has 0 unspecified atom stereocenters. The molecule has 0 aliphatic carbocycles. The molecule has 1 aliphatic rings. The smallest absolute Gasteiger partial charge is 0.210 e. The lowest BCUT2D eigenvalue weighted by Gasteiger charge is -2.16. The number of hydrogen-bond donors (Lipinski definition) is 1. The molecule has 13 heavy (non-hydrogen) atoms. The monoisotopic (exact) mass is 246 g/mol. The van der Waals surface area contributed by atoms with Crippen LogP contribution in [-0.2, 0) is 20.2 Å². The fraction of sp³-hybridized carbons (Fsp3) is 0. The number of nitrogens with zero attached hydrogens (tertiary/aromatic N) is 1. The Labute approximate surface area is 82.4 Å². The largest absolute Gasteiger partial charge is 0.311 e. The van der Waals surface area contributed by atoms with Gasteiger partial charge in [0.1, 0.15) is 0 Å². The van der Waals surface area contributed by atoms with Gasteiger partial charge in [0.2, 0.25) is 0 Å². The Balaban J connectivity index is 0.00000144. The molecule has 0 aromatic rings. The maximum absolute atomic E-state index is 11.0. The quantitative estimate of drug-likeness (QED) is 0.661. The highest BCUT2D eigenvalue weighted by molar-refractivity contribution is 8.04.